The van der Waals surface area contributed by atoms with Gasteiger partial charge in [-0.05, 0) is 31.6 Å². The summed E-state index contributed by atoms with van der Waals surface area (Å²) in [5, 5.41) is 5.50. The highest BCUT2D eigenvalue weighted by Crippen LogP contribution is 2.23. The average Bonchev–Trinajstić information content (AvgIpc) is 2.91. The van der Waals surface area contributed by atoms with E-state index in [1.807, 2.05) is 0 Å². The van der Waals surface area contributed by atoms with Crippen LogP contribution in [0.25, 0.3) is 0 Å². The molecule has 2 rings (SSSR count). The zero-order valence-electron chi connectivity index (χ0n) is 11.6. The van der Waals surface area contributed by atoms with Gasteiger partial charge in [-0.2, -0.15) is 0 Å². The average molecular weight is 268 g/mol. The van der Waals surface area contributed by atoms with E-state index >= 15 is 0 Å². The quantitative estimate of drug-likeness (QED) is 0.750. The fraction of sp³-hybridized carbons (Fsp3) is 0.857. The molecule has 2 N–H and O–H groups in total. The van der Waals surface area contributed by atoms with Crippen molar-refractivity contribution < 1.29 is 14.3 Å². The predicted molar refractivity (Wildman–Crippen MR) is 71.5 cm³/mol. The standard InChI is InChI=1S/C14H24N2O3/c1-10-5-2-3-7-12(10)16-14(18)13(17)15-9-11-6-4-8-19-11/h10-12H,2-9H2,1H3,(H,15,17)(H,16,18)/t10-,11-,12+/m1/s1. The molecule has 0 bridgehead atoms. The lowest BCUT2D eigenvalue weighted by Crippen LogP contribution is -2.48. The summed E-state index contributed by atoms with van der Waals surface area (Å²) < 4.78 is 5.40. The van der Waals surface area contributed by atoms with Crippen molar-refractivity contribution in [2.24, 2.45) is 5.92 Å². The summed E-state index contributed by atoms with van der Waals surface area (Å²) in [6.45, 7) is 3.33. The largest absolute Gasteiger partial charge is 0.376 e. The third-order valence-corrected chi connectivity index (χ3v) is 4.15. The Balaban J connectivity index is 1.70. The third-order valence-electron chi connectivity index (χ3n) is 4.15. The highest BCUT2D eigenvalue weighted by atomic mass is 16.5. The van der Waals surface area contributed by atoms with E-state index in [1.54, 1.807) is 0 Å². The van der Waals surface area contributed by atoms with Crippen LogP contribution in [0.5, 0.6) is 0 Å². The smallest absolute Gasteiger partial charge is 0.309 e. The molecule has 19 heavy (non-hydrogen) atoms. The van der Waals surface area contributed by atoms with E-state index in [9.17, 15) is 9.59 Å². The molecule has 0 aromatic carbocycles. The van der Waals surface area contributed by atoms with Gasteiger partial charge in [0.2, 0.25) is 0 Å². The van der Waals surface area contributed by atoms with Crippen molar-refractivity contribution in [1.82, 2.24) is 10.6 Å². The number of hydrogen-bond acceptors (Lipinski definition) is 3. The van der Waals surface area contributed by atoms with E-state index in [4.69, 9.17) is 4.74 Å². The Morgan fingerprint density at radius 2 is 1.89 bits per heavy atom. The van der Waals surface area contributed by atoms with Gasteiger partial charge in [0.15, 0.2) is 0 Å². The zero-order valence-corrected chi connectivity index (χ0v) is 11.6. The van der Waals surface area contributed by atoms with Crippen LogP contribution in [0.1, 0.15) is 45.4 Å². The molecule has 0 unspecified atom stereocenters. The van der Waals surface area contributed by atoms with E-state index in [1.165, 1.54) is 6.42 Å². The molecule has 1 heterocycles. The summed E-state index contributed by atoms with van der Waals surface area (Å²) in [5.74, 6) is -0.575. The van der Waals surface area contributed by atoms with Crippen molar-refractivity contribution >= 4 is 11.8 Å². The molecule has 5 nitrogen and oxygen atoms in total. The minimum absolute atomic E-state index is 0.0744. The van der Waals surface area contributed by atoms with E-state index in [2.05, 4.69) is 17.6 Å². The molecule has 0 spiro atoms. The molecule has 1 aliphatic carbocycles. The molecule has 1 saturated carbocycles. The molecular formula is C14H24N2O3. The highest BCUT2D eigenvalue weighted by Gasteiger charge is 2.26. The van der Waals surface area contributed by atoms with Crippen LogP contribution in [0, 0.1) is 5.92 Å². The summed E-state index contributed by atoms with van der Waals surface area (Å²) in [6, 6.07) is 0.148. The number of nitrogens with one attached hydrogen (secondary N) is 2. The Morgan fingerprint density at radius 3 is 2.58 bits per heavy atom. The van der Waals surface area contributed by atoms with Crippen LogP contribution < -0.4 is 10.6 Å². The Morgan fingerprint density at radius 1 is 1.11 bits per heavy atom. The molecule has 108 valence electrons. The fourth-order valence-corrected chi connectivity index (χ4v) is 2.86. The maximum absolute atomic E-state index is 11.8. The summed E-state index contributed by atoms with van der Waals surface area (Å²) in [6.07, 6.45) is 6.53. The van der Waals surface area contributed by atoms with Crippen LogP contribution in [0.2, 0.25) is 0 Å². The molecular weight excluding hydrogens is 244 g/mol. The maximum atomic E-state index is 11.8. The Kier molecular flexibility index (Phi) is 5.19. The van der Waals surface area contributed by atoms with Crippen molar-refractivity contribution in [3.8, 4) is 0 Å². The first-order valence-corrected chi connectivity index (χ1v) is 7.37. The van der Waals surface area contributed by atoms with E-state index in [0.29, 0.717) is 12.5 Å². The van der Waals surface area contributed by atoms with Gasteiger partial charge in [-0.25, -0.2) is 0 Å². The summed E-state index contributed by atoms with van der Waals surface area (Å²) in [7, 11) is 0. The second-order valence-corrected chi connectivity index (χ2v) is 5.69. The second-order valence-electron chi connectivity index (χ2n) is 5.69. The number of rotatable bonds is 3. The van der Waals surface area contributed by atoms with Crippen molar-refractivity contribution in [2.45, 2.75) is 57.6 Å². The molecule has 1 aliphatic heterocycles. The fourth-order valence-electron chi connectivity index (χ4n) is 2.86. The molecule has 2 fully saturated rings. The summed E-state index contributed by atoms with van der Waals surface area (Å²) >= 11 is 0. The number of amides is 2. The van der Waals surface area contributed by atoms with Crippen molar-refractivity contribution in [3.05, 3.63) is 0 Å². The van der Waals surface area contributed by atoms with Gasteiger partial charge in [-0.1, -0.05) is 19.8 Å². The minimum Gasteiger partial charge on any atom is -0.376 e. The van der Waals surface area contributed by atoms with Gasteiger partial charge in [0, 0.05) is 19.2 Å². The Hall–Kier alpha value is -1.10. The van der Waals surface area contributed by atoms with E-state index in [-0.39, 0.29) is 12.1 Å². The number of carbonyl (C=O) groups excluding carboxylic acids is 2. The van der Waals surface area contributed by atoms with Crippen molar-refractivity contribution in [1.29, 1.82) is 0 Å². The SMILES string of the molecule is C[C@@H]1CCCC[C@@H]1NC(=O)C(=O)NC[C@H]1CCCO1. The first-order chi connectivity index (χ1) is 9.16. The molecule has 2 aliphatic rings. The second kappa shape index (κ2) is 6.89. The van der Waals surface area contributed by atoms with Crippen LogP contribution in [0.15, 0.2) is 0 Å². The molecule has 3 atom stereocenters. The maximum Gasteiger partial charge on any atom is 0.309 e. The van der Waals surface area contributed by atoms with Gasteiger partial charge < -0.3 is 15.4 Å². The van der Waals surface area contributed by atoms with Crippen LogP contribution in [-0.2, 0) is 14.3 Å². The summed E-state index contributed by atoms with van der Waals surface area (Å²) in [4.78, 5) is 23.5. The molecule has 5 heteroatoms. The molecule has 2 amide bonds. The Labute approximate surface area is 114 Å². The molecule has 0 radical (unpaired) electrons. The molecule has 0 aromatic rings. The lowest BCUT2D eigenvalue weighted by Gasteiger charge is -2.29. The number of carbonyl (C=O) groups is 2. The third kappa shape index (κ3) is 4.20. The molecule has 1 saturated heterocycles. The normalized spacial score (nSPS) is 30.9. The number of hydrogen-bond donors (Lipinski definition) is 2. The van der Waals surface area contributed by atoms with Gasteiger partial charge in [0.05, 0.1) is 6.10 Å². The van der Waals surface area contributed by atoms with Gasteiger partial charge in [-0.15, -0.1) is 0 Å². The molecule has 0 aromatic heterocycles. The summed E-state index contributed by atoms with van der Waals surface area (Å²) in [5.41, 5.74) is 0. The lowest BCUT2D eigenvalue weighted by atomic mass is 9.86. The zero-order chi connectivity index (χ0) is 13.7. The van der Waals surface area contributed by atoms with Crippen LogP contribution in [0.4, 0.5) is 0 Å². The first kappa shape index (κ1) is 14.3. The minimum atomic E-state index is -0.534. The number of ether oxygens (including phenoxy) is 1. The topological polar surface area (TPSA) is 67.4 Å². The predicted octanol–water partition coefficient (Wildman–Crippen LogP) is 0.976. The Bertz CT molecular complexity index is 327. The van der Waals surface area contributed by atoms with Crippen molar-refractivity contribution in [3.63, 3.8) is 0 Å². The van der Waals surface area contributed by atoms with E-state index in [0.717, 1.165) is 38.7 Å². The van der Waals surface area contributed by atoms with Crippen LogP contribution >= 0.6 is 0 Å². The van der Waals surface area contributed by atoms with Crippen LogP contribution in [-0.4, -0.2) is 37.1 Å². The van der Waals surface area contributed by atoms with Crippen LogP contribution in [0.3, 0.4) is 0 Å². The lowest BCUT2D eigenvalue weighted by molar-refractivity contribution is -0.140. The van der Waals surface area contributed by atoms with Gasteiger partial charge >= 0.3 is 11.8 Å². The van der Waals surface area contributed by atoms with Gasteiger partial charge in [0.1, 0.15) is 0 Å². The van der Waals surface area contributed by atoms with Gasteiger partial charge in [-0.3, -0.25) is 9.59 Å². The monoisotopic (exact) mass is 268 g/mol. The van der Waals surface area contributed by atoms with E-state index < -0.39 is 11.8 Å². The van der Waals surface area contributed by atoms with Crippen molar-refractivity contribution in [2.75, 3.05) is 13.2 Å². The first-order valence-electron chi connectivity index (χ1n) is 7.37. The van der Waals surface area contributed by atoms with Gasteiger partial charge in [0.25, 0.3) is 0 Å². The highest BCUT2D eigenvalue weighted by molar-refractivity contribution is 6.35.